The van der Waals surface area contributed by atoms with Crippen molar-refractivity contribution >= 4 is 5.91 Å². The molecule has 1 saturated heterocycles. The van der Waals surface area contributed by atoms with Gasteiger partial charge < -0.3 is 14.8 Å². The van der Waals surface area contributed by atoms with Crippen LogP contribution in [0.5, 0.6) is 5.75 Å². The van der Waals surface area contributed by atoms with E-state index in [0.717, 1.165) is 17.2 Å². The number of hydrogen-bond acceptors (Lipinski definition) is 5. The van der Waals surface area contributed by atoms with Crippen molar-refractivity contribution in [2.45, 2.75) is 65.5 Å². The minimum atomic E-state index is -0.725. The Kier molecular flexibility index (Phi) is 7.38. The zero-order valence-corrected chi connectivity index (χ0v) is 19.6. The van der Waals surface area contributed by atoms with E-state index >= 15 is 4.39 Å². The molecule has 0 aliphatic carbocycles. The average molecular weight is 449 g/mol. The number of rotatable bonds is 8. The molecule has 0 saturated carbocycles. The van der Waals surface area contributed by atoms with Crippen LogP contribution in [0, 0.1) is 11.7 Å². The standard InChI is InChI=1S/C23H33FN4O4/c1-13(2)9-15(5)32-20-11-19(28-23(30)27(6)21(26-28)14(3)4)18(24)10-17(20)22(29)25-16-7-8-31-12-16/h10-11,13-16H,7-9,12H2,1-6H3,(H,25,29)/t15-,16?/m0/s1. The molecule has 32 heavy (non-hydrogen) atoms. The maximum absolute atomic E-state index is 15.2. The topological polar surface area (TPSA) is 87.4 Å². The van der Waals surface area contributed by atoms with Gasteiger partial charge in [0.05, 0.1) is 24.3 Å². The first-order valence-corrected chi connectivity index (χ1v) is 11.1. The summed E-state index contributed by atoms with van der Waals surface area (Å²) in [5.74, 6) is -0.0452. The van der Waals surface area contributed by atoms with Gasteiger partial charge in [0.2, 0.25) is 0 Å². The minimum Gasteiger partial charge on any atom is -0.490 e. The van der Waals surface area contributed by atoms with Gasteiger partial charge in [-0.15, -0.1) is 5.10 Å². The highest BCUT2D eigenvalue weighted by molar-refractivity contribution is 5.97. The molecule has 8 nitrogen and oxygen atoms in total. The second-order valence-corrected chi connectivity index (χ2v) is 9.16. The molecule has 0 spiro atoms. The van der Waals surface area contributed by atoms with Crippen molar-refractivity contribution in [2.75, 3.05) is 13.2 Å². The van der Waals surface area contributed by atoms with Gasteiger partial charge in [-0.2, -0.15) is 4.68 Å². The van der Waals surface area contributed by atoms with E-state index in [2.05, 4.69) is 24.3 Å². The second-order valence-electron chi connectivity index (χ2n) is 9.16. The van der Waals surface area contributed by atoms with Crippen molar-refractivity contribution in [3.05, 3.63) is 39.8 Å². The molecule has 1 aliphatic heterocycles. The Labute approximate surface area is 187 Å². The van der Waals surface area contributed by atoms with Gasteiger partial charge in [-0.1, -0.05) is 27.7 Å². The summed E-state index contributed by atoms with van der Waals surface area (Å²) in [6, 6.07) is 2.39. The molecule has 2 heterocycles. The third kappa shape index (κ3) is 5.20. The highest BCUT2D eigenvalue weighted by Gasteiger charge is 2.25. The summed E-state index contributed by atoms with van der Waals surface area (Å²) in [6.07, 6.45) is 1.25. The molecule has 2 atom stereocenters. The molecular formula is C23H33FN4O4. The van der Waals surface area contributed by atoms with E-state index in [1.54, 1.807) is 7.05 Å². The second kappa shape index (κ2) is 9.85. The first kappa shape index (κ1) is 24.0. The van der Waals surface area contributed by atoms with Crippen LogP contribution >= 0.6 is 0 Å². The van der Waals surface area contributed by atoms with E-state index < -0.39 is 17.4 Å². The van der Waals surface area contributed by atoms with Crippen molar-refractivity contribution in [3.63, 3.8) is 0 Å². The summed E-state index contributed by atoms with van der Waals surface area (Å²) in [4.78, 5) is 25.7. The molecule has 1 unspecified atom stereocenters. The Balaban J connectivity index is 2.04. The van der Waals surface area contributed by atoms with Crippen LogP contribution < -0.4 is 15.7 Å². The number of amides is 1. The number of benzene rings is 1. The zero-order valence-electron chi connectivity index (χ0n) is 19.6. The van der Waals surface area contributed by atoms with Crippen molar-refractivity contribution in [1.29, 1.82) is 0 Å². The van der Waals surface area contributed by atoms with Crippen LogP contribution in [0.4, 0.5) is 4.39 Å². The first-order valence-electron chi connectivity index (χ1n) is 11.1. The molecule has 176 valence electrons. The van der Waals surface area contributed by atoms with Gasteiger partial charge in [0.15, 0.2) is 0 Å². The van der Waals surface area contributed by atoms with Gasteiger partial charge in [-0.05, 0) is 31.7 Å². The molecule has 1 N–H and O–H groups in total. The van der Waals surface area contributed by atoms with Crippen LogP contribution in [-0.4, -0.2) is 45.6 Å². The van der Waals surface area contributed by atoms with Gasteiger partial charge in [0, 0.05) is 25.6 Å². The Morgan fingerprint density at radius 2 is 2.03 bits per heavy atom. The molecule has 1 amide bonds. The van der Waals surface area contributed by atoms with Crippen LogP contribution in [0.2, 0.25) is 0 Å². The number of nitrogens with zero attached hydrogens (tertiary/aromatic N) is 3. The van der Waals surface area contributed by atoms with E-state index in [-0.39, 0.29) is 35.1 Å². The van der Waals surface area contributed by atoms with Crippen molar-refractivity contribution in [1.82, 2.24) is 19.7 Å². The van der Waals surface area contributed by atoms with Gasteiger partial charge >= 0.3 is 5.69 Å². The zero-order chi connectivity index (χ0) is 23.6. The maximum Gasteiger partial charge on any atom is 0.350 e. The fraction of sp³-hybridized carbons (Fsp3) is 0.609. The summed E-state index contributed by atoms with van der Waals surface area (Å²) in [6.45, 7) is 10.9. The van der Waals surface area contributed by atoms with Crippen molar-refractivity contribution in [3.8, 4) is 11.4 Å². The lowest BCUT2D eigenvalue weighted by molar-refractivity contribution is 0.0921. The van der Waals surface area contributed by atoms with Crippen molar-refractivity contribution in [2.24, 2.45) is 13.0 Å². The molecule has 1 aromatic carbocycles. The fourth-order valence-corrected chi connectivity index (χ4v) is 3.93. The van der Waals surface area contributed by atoms with E-state index in [4.69, 9.17) is 9.47 Å². The van der Waals surface area contributed by atoms with Gasteiger partial charge in [0.1, 0.15) is 23.1 Å². The van der Waals surface area contributed by atoms with E-state index in [1.165, 1.54) is 10.6 Å². The SMILES string of the molecule is CC(C)C[C@H](C)Oc1cc(-n2nc(C(C)C)n(C)c2=O)c(F)cc1C(=O)NC1CCOC1. The van der Waals surface area contributed by atoms with Crippen LogP contribution in [0.15, 0.2) is 16.9 Å². The summed E-state index contributed by atoms with van der Waals surface area (Å²) < 4.78 is 29.0. The van der Waals surface area contributed by atoms with E-state index in [0.29, 0.717) is 31.4 Å². The third-order valence-electron chi connectivity index (χ3n) is 5.45. The lowest BCUT2D eigenvalue weighted by Crippen LogP contribution is -2.35. The normalized spacial score (nSPS) is 17.2. The number of carbonyl (C=O) groups excluding carboxylic acids is 1. The predicted molar refractivity (Wildman–Crippen MR) is 119 cm³/mol. The molecule has 1 fully saturated rings. The third-order valence-corrected chi connectivity index (χ3v) is 5.45. The summed E-state index contributed by atoms with van der Waals surface area (Å²) in [5.41, 5.74) is -0.430. The Bertz CT molecular complexity index is 1020. The number of hydrogen-bond donors (Lipinski definition) is 1. The number of ether oxygens (including phenoxy) is 2. The molecular weight excluding hydrogens is 415 g/mol. The van der Waals surface area contributed by atoms with Gasteiger partial charge in [0.25, 0.3) is 5.91 Å². The maximum atomic E-state index is 15.2. The highest BCUT2D eigenvalue weighted by Crippen LogP contribution is 2.28. The van der Waals surface area contributed by atoms with Crippen LogP contribution in [-0.2, 0) is 11.8 Å². The Morgan fingerprint density at radius 1 is 1.31 bits per heavy atom. The lowest BCUT2D eigenvalue weighted by Gasteiger charge is -2.20. The number of nitrogens with one attached hydrogen (secondary N) is 1. The molecule has 3 rings (SSSR count). The molecule has 2 aromatic rings. The average Bonchev–Trinajstić information content (AvgIpc) is 3.31. The fourth-order valence-electron chi connectivity index (χ4n) is 3.93. The lowest BCUT2D eigenvalue weighted by atomic mass is 10.1. The van der Waals surface area contributed by atoms with Gasteiger partial charge in [-0.3, -0.25) is 9.36 Å². The number of halogens is 1. The van der Waals surface area contributed by atoms with Gasteiger partial charge in [-0.25, -0.2) is 9.18 Å². The Morgan fingerprint density at radius 3 is 2.59 bits per heavy atom. The summed E-state index contributed by atoms with van der Waals surface area (Å²) in [7, 11) is 1.60. The predicted octanol–water partition coefficient (Wildman–Crippen LogP) is 3.17. The summed E-state index contributed by atoms with van der Waals surface area (Å²) >= 11 is 0. The van der Waals surface area contributed by atoms with Crippen molar-refractivity contribution < 1.29 is 18.7 Å². The first-order chi connectivity index (χ1) is 15.1. The van der Waals surface area contributed by atoms with E-state index in [1.807, 2.05) is 20.8 Å². The molecule has 0 bridgehead atoms. The Hall–Kier alpha value is -2.68. The van der Waals surface area contributed by atoms with Crippen LogP contribution in [0.1, 0.15) is 69.6 Å². The van der Waals surface area contributed by atoms with E-state index in [9.17, 15) is 9.59 Å². The number of aromatic nitrogens is 3. The minimum absolute atomic E-state index is 0.0162. The van der Waals surface area contributed by atoms with Crippen LogP contribution in [0.3, 0.4) is 0 Å². The molecule has 1 aliphatic rings. The molecule has 9 heteroatoms. The van der Waals surface area contributed by atoms with Crippen LogP contribution in [0.25, 0.3) is 5.69 Å². The smallest absolute Gasteiger partial charge is 0.350 e. The monoisotopic (exact) mass is 448 g/mol. The molecule has 1 aromatic heterocycles. The highest BCUT2D eigenvalue weighted by atomic mass is 19.1. The molecule has 0 radical (unpaired) electrons. The number of carbonyl (C=O) groups is 1. The summed E-state index contributed by atoms with van der Waals surface area (Å²) in [5, 5.41) is 7.20. The largest absolute Gasteiger partial charge is 0.490 e. The quantitative estimate of drug-likeness (QED) is 0.670.